The van der Waals surface area contributed by atoms with Crippen LogP contribution in [0.2, 0.25) is 0 Å². The Kier molecular flexibility index (Phi) is 5.63. The zero-order valence-corrected chi connectivity index (χ0v) is 17.4. The highest BCUT2D eigenvalue weighted by Gasteiger charge is 2.45. The van der Waals surface area contributed by atoms with E-state index in [4.69, 9.17) is 0 Å². The lowest BCUT2D eigenvalue weighted by Crippen LogP contribution is -2.43. The van der Waals surface area contributed by atoms with Crippen molar-refractivity contribution in [3.05, 3.63) is 47.8 Å². The van der Waals surface area contributed by atoms with Crippen LogP contribution in [0.4, 0.5) is 8.78 Å². The third-order valence-electron chi connectivity index (χ3n) is 6.06. The SMILES string of the molecule is Cc1c(S(=O)(=O)N2C[C@H]3CCCC(=O)N(Cc4ccccc4)[C@H]3C2)cnn1C(F)F. The van der Waals surface area contributed by atoms with E-state index < -0.39 is 16.6 Å². The first-order chi connectivity index (χ1) is 14.3. The molecule has 0 N–H and O–H groups in total. The number of carbonyl (C=O) groups excluding carboxylic acids is 1. The van der Waals surface area contributed by atoms with Crippen molar-refractivity contribution in [3.63, 3.8) is 0 Å². The Morgan fingerprint density at radius 3 is 2.60 bits per heavy atom. The second-order valence-electron chi connectivity index (χ2n) is 7.87. The molecule has 2 fully saturated rings. The Morgan fingerprint density at radius 1 is 1.20 bits per heavy atom. The topological polar surface area (TPSA) is 75.5 Å². The van der Waals surface area contributed by atoms with Gasteiger partial charge in [0.05, 0.1) is 11.9 Å². The highest BCUT2D eigenvalue weighted by Crippen LogP contribution is 2.35. The van der Waals surface area contributed by atoms with E-state index in [1.165, 1.54) is 11.2 Å². The van der Waals surface area contributed by atoms with Crippen LogP contribution in [0.25, 0.3) is 0 Å². The zero-order chi connectivity index (χ0) is 21.5. The Bertz CT molecular complexity index is 1030. The van der Waals surface area contributed by atoms with E-state index in [9.17, 15) is 22.0 Å². The van der Waals surface area contributed by atoms with E-state index in [0.717, 1.165) is 18.2 Å². The van der Waals surface area contributed by atoms with Crippen molar-refractivity contribution < 1.29 is 22.0 Å². The summed E-state index contributed by atoms with van der Waals surface area (Å²) in [6.07, 6.45) is 2.90. The number of rotatable bonds is 5. The molecule has 0 radical (unpaired) electrons. The van der Waals surface area contributed by atoms with Crippen LogP contribution >= 0.6 is 0 Å². The summed E-state index contributed by atoms with van der Waals surface area (Å²) >= 11 is 0. The lowest BCUT2D eigenvalue weighted by molar-refractivity contribution is -0.133. The standard InChI is InChI=1S/C20H24F2N4O3S/c1-14-18(10-23-26(14)20(21)22)30(28,29)24-12-16-8-5-9-19(27)25(17(16)13-24)11-15-6-3-2-4-7-15/h2-4,6-7,10,16-17,20H,5,8-9,11-13H2,1H3/t16-,17+/m1/s1. The molecule has 4 rings (SSSR count). The molecule has 0 unspecified atom stereocenters. The third kappa shape index (κ3) is 3.74. The first-order valence-corrected chi connectivity index (χ1v) is 11.4. The molecule has 2 aliphatic rings. The van der Waals surface area contributed by atoms with Gasteiger partial charge in [-0.2, -0.15) is 18.2 Å². The zero-order valence-electron chi connectivity index (χ0n) is 16.6. The quantitative estimate of drug-likeness (QED) is 0.720. The molecule has 1 aromatic heterocycles. The molecule has 2 aliphatic heterocycles. The number of hydrogen-bond acceptors (Lipinski definition) is 4. The average Bonchev–Trinajstić information content (AvgIpc) is 3.28. The number of halogens is 2. The summed E-state index contributed by atoms with van der Waals surface area (Å²) in [5, 5.41) is 3.54. The fourth-order valence-corrected chi connectivity index (χ4v) is 6.14. The summed E-state index contributed by atoms with van der Waals surface area (Å²) in [6.45, 7) is -0.726. The molecule has 0 saturated carbocycles. The molecule has 10 heteroatoms. The van der Waals surface area contributed by atoms with E-state index >= 15 is 0 Å². The lowest BCUT2D eigenvalue weighted by atomic mass is 9.98. The summed E-state index contributed by atoms with van der Waals surface area (Å²) in [5.41, 5.74) is 0.899. The van der Waals surface area contributed by atoms with Crippen LogP contribution in [0.1, 0.15) is 37.1 Å². The molecule has 2 saturated heterocycles. The van der Waals surface area contributed by atoms with Crippen molar-refractivity contribution in [3.8, 4) is 0 Å². The monoisotopic (exact) mass is 438 g/mol. The van der Waals surface area contributed by atoms with Gasteiger partial charge in [-0.25, -0.2) is 13.1 Å². The number of carbonyl (C=O) groups is 1. The first kappa shape index (κ1) is 20.9. The summed E-state index contributed by atoms with van der Waals surface area (Å²) in [4.78, 5) is 14.4. The average molecular weight is 438 g/mol. The van der Waals surface area contributed by atoms with Gasteiger partial charge in [-0.1, -0.05) is 30.3 Å². The second-order valence-corrected chi connectivity index (χ2v) is 9.77. The summed E-state index contributed by atoms with van der Waals surface area (Å²) < 4.78 is 54.2. The van der Waals surface area contributed by atoms with Gasteiger partial charge in [-0.15, -0.1) is 0 Å². The minimum absolute atomic E-state index is 0.0142. The Morgan fingerprint density at radius 2 is 1.93 bits per heavy atom. The molecule has 0 bridgehead atoms. The molecular formula is C20H24F2N4O3S. The summed E-state index contributed by atoms with van der Waals surface area (Å²) in [5.74, 6) is 0.0349. The van der Waals surface area contributed by atoms with Crippen LogP contribution in [0.3, 0.4) is 0 Å². The van der Waals surface area contributed by atoms with Crippen LogP contribution in [-0.4, -0.2) is 52.4 Å². The second kappa shape index (κ2) is 8.07. The number of hydrogen-bond donors (Lipinski definition) is 0. The number of benzene rings is 1. The number of likely N-dealkylation sites (tertiary alicyclic amines) is 1. The highest BCUT2D eigenvalue weighted by atomic mass is 32.2. The fraction of sp³-hybridized carbons (Fsp3) is 0.500. The minimum atomic E-state index is -3.99. The molecule has 2 aromatic rings. The largest absolute Gasteiger partial charge is 0.334 e. The van der Waals surface area contributed by atoms with Gasteiger partial charge >= 0.3 is 6.55 Å². The third-order valence-corrected chi connectivity index (χ3v) is 7.99. The smallest absolute Gasteiger partial charge is 0.333 e. The normalized spacial score (nSPS) is 23.1. The molecule has 3 heterocycles. The van der Waals surface area contributed by atoms with Crippen molar-refractivity contribution in [1.29, 1.82) is 0 Å². The maximum Gasteiger partial charge on any atom is 0.333 e. The molecule has 1 aromatic carbocycles. The van der Waals surface area contributed by atoms with Crippen LogP contribution in [-0.2, 0) is 21.4 Å². The van der Waals surface area contributed by atoms with Crippen LogP contribution in [0, 0.1) is 12.8 Å². The van der Waals surface area contributed by atoms with Gasteiger partial charge in [0.1, 0.15) is 4.90 Å². The Labute approximate surface area is 174 Å². The Hall–Kier alpha value is -2.33. The van der Waals surface area contributed by atoms with Crippen molar-refractivity contribution in [2.24, 2.45) is 5.92 Å². The number of aromatic nitrogens is 2. The molecule has 0 aliphatic carbocycles. The van der Waals surface area contributed by atoms with Crippen molar-refractivity contribution in [2.75, 3.05) is 13.1 Å². The summed E-state index contributed by atoms with van der Waals surface area (Å²) in [7, 11) is -3.99. The van der Waals surface area contributed by atoms with Gasteiger partial charge in [0, 0.05) is 32.1 Å². The van der Waals surface area contributed by atoms with Crippen molar-refractivity contribution in [1.82, 2.24) is 19.0 Å². The van der Waals surface area contributed by atoms with Gasteiger partial charge in [-0.05, 0) is 31.2 Å². The first-order valence-electron chi connectivity index (χ1n) is 9.95. The highest BCUT2D eigenvalue weighted by molar-refractivity contribution is 7.89. The van der Waals surface area contributed by atoms with Crippen LogP contribution < -0.4 is 0 Å². The molecule has 0 spiro atoms. The van der Waals surface area contributed by atoms with Crippen LogP contribution in [0.5, 0.6) is 0 Å². The maximum absolute atomic E-state index is 13.2. The van der Waals surface area contributed by atoms with E-state index in [-0.39, 0.29) is 41.5 Å². The molecule has 30 heavy (non-hydrogen) atoms. The predicted octanol–water partition coefficient (Wildman–Crippen LogP) is 2.79. The number of alkyl halides is 2. The minimum Gasteiger partial charge on any atom is -0.334 e. The predicted molar refractivity (Wildman–Crippen MR) is 105 cm³/mol. The van der Waals surface area contributed by atoms with Gasteiger partial charge in [0.2, 0.25) is 15.9 Å². The van der Waals surface area contributed by atoms with Crippen LogP contribution in [0.15, 0.2) is 41.4 Å². The summed E-state index contributed by atoms with van der Waals surface area (Å²) in [6, 6.07) is 9.37. The number of amides is 1. The lowest BCUT2D eigenvalue weighted by Gasteiger charge is -2.30. The van der Waals surface area contributed by atoms with Crippen molar-refractivity contribution in [2.45, 2.75) is 50.2 Å². The maximum atomic E-state index is 13.2. The van der Waals surface area contributed by atoms with E-state index in [1.54, 1.807) is 4.90 Å². The molecule has 1 amide bonds. The number of fused-ring (bicyclic) bond motifs is 1. The van der Waals surface area contributed by atoms with Gasteiger partial charge in [0.25, 0.3) is 0 Å². The molecule has 7 nitrogen and oxygen atoms in total. The number of nitrogens with zero attached hydrogens (tertiary/aromatic N) is 4. The van der Waals surface area contributed by atoms with Crippen molar-refractivity contribution >= 4 is 15.9 Å². The fourth-order valence-electron chi connectivity index (χ4n) is 4.47. The van der Waals surface area contributed by atoms with Gasteiger partial charge < -0.3 is 4.90 Å². The van der Waals surface area contributed by atoms with E-state index in [1.807, 2.05) is 30.3 Å². The van der Waals surface area contributed by atoms with E-state index in [2.05, 4.69) is 5.10 Å². The molecule has 2 atom stereocenters. The molecule has 162 valence electrons. The number of sulfonamides is 1. The molecular weight excluding hydrogens is 414 g/mol. The van der Waals surface area contributed by atoms with Gasteiger partial charge in [-0.3, -0.25) is 4.79 Å². The Balaban J connectivity index is 1.61. The van der Waals surface area contributed by atoms with E-state index in [0.29, 0.717) is 24.1 Å². The van der Waals surface area contributed by atoms with Gasteiger partial charge in [0.15, 0.2) is 0 Å².